The van der Waals surface area contributed by atoms with Crippen LogP contribution >= 0.6 is 0 Å². The van der Waals surface area contributed by atoms with E-state index >= 15 is 0 Å². The van der Waals surface area contributed by atoms with Gasteiger partial charge in [-0.3, -0.25) is 9.59 Å². The van der Waals surface area contributed by atoms with Crippen molar-refractivity contribution in [1.29, 1.82) is 0 Å². The van der Waals surface area contributed by atoms with Crippen LogP contribution in [0.15, 0.2) is 0 Å². The zero-order valence-electron chi connectivity index (χ0n) is 10.5. The van der Waals surface area contributed by atoms with Crippen molar-refractivity contribution in [2.45, 2.75) is 39.5 Å². The van der Waals surface area contributed by atoms with Crippen LogP contribution in [-0.2, 0) is 14.3 Å². The molecule has 0 aliphatic carbocycles. The van der Waals surface area contributed by atoms with Gasteiger partial charge in [-0.15, -0.1) is 0 Å². The minimum Gasteiger partial charge on any atom is -0.438 e. The number of ketones is 1. The van der Waals surface area contributed by atoms with Crippen LogP contribution in [0.25, 0.3) is 0 Å². The van der Waals surface area contributed by atoms with Crippen molar-refractivity contribution in [3.05, 3.63) is 0 Å². The van der Waals surface area contributed by atoms with E-state index in [-0.39, 0.29) is 30.6 Å². The Balaban J connectivity index is 4.40. The Labute approximate surface area is 102 Å². The maximum Gasteiger partial charge on any atom is 0.311 e. The van der Waals surface area contributed by atoms with Crippen molar-refractivity contribution in [1.82, 2.24) is 0 Å². The summed E-state index contributed by atoms with van der Waals surface area (Å²) in [6, 6.07) is 0. The molecule has 2 unspecified atom stereocenters. The normalized spacial score (nSPS) is 14.1. The summed E-state index contributed by atoms with van der Waals surface area (Å²) < 4.78 is 4.54. The third-order valence-corrected chi connectivity index (χ3v) is 2.91. The Hall–Kier alpha value is -0.940. The first-order valence-electron chi connectivity index (χ1n) is 6.01. The van der Waals surface area contributed by atoms with Gasteiger partial charge in [-0.2, -0.15) is 0 Å². The molecule has 0 aromatic heterocycles. The predicted molar refractivity (Wildman–Crippen MR) is 62.1 cm³/mol. The first kappa shape index (κ1) is 16.1. The average Bonchev–Trinajstić information content (AvgIpc) is 2.31. The molecule has 2 atom stereocenters. The molecular weight excluding hydrogens is 224 g/mol. The maximum absolute atomic E-state index is 11.6. The second-order valence-corrected chi connectivity index (χ2v) is 3.98. The van der Waals surface area contributed by atoms with Crippen LogP contribution in [0.2, 0.25) is 0 Å². The lowest BCUT2D eigenvalue weighted by Gasteiger charge is -2.19. The van der Waals surface area contributed by atoms with Gasteiger partial charge in [0.15, 0.2) is 6.79 Å². The van der Waals surface area contributed by atoms with Crippen molar-refractivity contribution >= 4 is 11.8 Å². The Bertz CT molecular complexity index is 215. The van der Waals surface area contributed by atoms with Crippen LogP contribution in [0.1, 0.15) is 39.5 Å². The lowest BCUT2D eigenvalue weighted by molar-refractivity contribution is -0.157. The fourth-order valence-corrected chi connectivity index (χ4v) is 1.79. The van der Waals surface area contributed by atoms with Crippen LogP contribution < -0.4 is 0 Å². The molecule has 0 aliphatic heterocycles. The Morgan fingerprint density at radius 2 is 1.71 bits per heavy atom. The molecule has 17 heavy (non-hydrogen) atoms. The van der Waals surface area contributed by atoms with Gasteiger partial charge in [-0.05, 0) is 19.3 Å². The summed E-state index contributed by atoms with van der Waals surface area (Å²) in [5, 5.41) is 17.2. The molecule has 0 bridgehead atoms. The number of rotatable bonds is 9. The van der Waals surface area contributed by atoms with Crippen molar-refractivity contribution in [2.24, 2.45) is 11.8 Å². The Kier molecular flexibility index (Phi) is 8.62. The van der Waals surface area contributed by atoms with Crippen LogP contribution in [-0.4, -0.2) is 35.4 Å². The summed E-state index contributed by atoms with van der Waals surface area (Å²) >= 11 is 0. The third-order valence-electron chi connectivity index (χ3n) is 2.91. The van der Waals surface area contributed by atoms with E-state index in [1.807, 2.05) is 13.8 Å². The molecule has 0 aliphatic rings. The summed E-state index contributed by atoms with van der Waals surface area (Å²) in [5.41, 5.74) is 0. The van der Waals surface area contributed by atoms with Crippen LogP contribution in [0.5, 0.6) is 0 Å². The van der Waals surface area contributed by atoms with Gasteiger partial charge < -0.3 is 14.9 Å². The van der Waals surface area contributed by atoms with Gasteiger partial charge in [-0.1, -0.05) is 13.8 Å². The standard InChI is InChI=1S/C12H22O5/c1-3-9(11(15)5-6-13)7-10(4-2)12(16)17-8-14/h9-10,13-14H,3-8H2,1-2H3. The van der Waals surface area contributed by atoms with E-state index in [9.17, 15) is 9.59 Å². The highest BCUT2D eigenvalue weighted by Crippen LogP contribution is 2.21. The zero-order chi connectivity index (χ0) is 13.3. The minimum absolute atomic E-state index is 0.0229. The Morgan fingerprint density at radius 3 is 2.12 bits per heavy atom. The number of Topliss-reactive ketones (excluding diaryl/α,β-unsaturated/α-hetero) is 1. The van der Waals surface area contributed by atoms with Crippen molar-refractivity contribution < 1.29 is 24.5 Å². The molecule has 0 aromatic carbocycles. The molecule has 0 radical (unpaired) electrons. The number of carbonyl (C=O) groups is 2. The van der Waals surface area contributed by atoms with Gasteiger partial charge in [0.2, 0.25) is 0 Å². The molecule has 0 rings (SSSR count). The number of esters is 1. The largest absolute Gasteiger partial charge is 0.438 e. The number of hydrogen-bond donors (Lipinski definition) is 2. The van der Waals surface area contributed by atoms with Crippen molar-refractivity contribution in [2.75, 3.05) is 13.4 Å². The van der Waals surface area contributed by atoms with E-state index < -0.39 is 12.8 Å². The molecule has 2 N–H and O–H groups in total. The smallest absolute Gasteiger partial charge is 0.311 e. The van der Waals surface area contributed by atoms with Crippen LogP contribution in [0.4, 0.5) is 0 Å². The quantitative estimate of drug-likeness (QED) is 0.466. The number of aliphatic hydroxyl groups is 2. The van der Waals surface area contributed by atoms with Gasteiger partial charge in [0.1, 0.15) is 5.78 Å². The second kappa shape index (κ2) is 9.13. The first-order valence-corrected chi connectivity index (χ1v) is 6.01. The third kappa shape index (κ3) is 5.79. The summed E-state index contributed by atoms with van der Waals surface area (Å²) in [4.78, 5) is 23.1. The molecule has 5 heteroatoms. The van der Waals surface area contributed by atoms with Crippen molar-refractivity contribution in [3.8, 4) is 0 Å². The summed E-state index contributed by atoms with van der Waals surface area (Å²) in [6.07, 6.45) is 1.76. The van der Waals surface area contributed by atoms with Gasteiger partial charge in [0.25, 0.3) is 0 Å². The van der Waals surface area contributed by atoms with Crippen molar-refractivity contribution in [3.63, 3.8) is 0 Å². The van der Waals surface area contributed by atoms with E-state index in [2.05, 4.69) is 4.74 Å². The molecule has 0 amide bonds. The van der Waals surface area contributed by atoms with Crippen LogP contribution in [0.3, 0.4) is 0 Å². The van der Waals surface area contributed by atoms with E-state index in [0.29, 0.717) is 19.3 Å². The van der Waals surface area contributed by atoms with E-state index in [0.717, 1.165) is 0 Å². The molecule has 100 valence electrons. The summed E-state index contributed by atoms with van der Waals surface area (Å²) in [7, 11) is 0. The number of ether oxygens (including phenoxy) is 1. The number of carbonyl (C=O) groups excluding carboxylic acids is 2. The maximum atomic E-state index is 11.6. The Morgan fingerprint density at radius 1 is 1.12 bits per heavy atom. The molecule has 0 fully saturated rings. The highest BCUT2D eigenvalue weighted by molar-refractivity contribution is 5.82. The highest BCUT2D eigenvalue weighted by Gasteiger charge is 2.25. The van der Waals surface area contributed by atoms with E-state index in [4.69, 9.17) is 10.2 Å². The lowest BCUT2D eigenvalue weighted by Crippen LogP contribution is -2.24. The second-order valence-electron chi connectivity index (χ2n) is 3.98. The van der Waals surface area contributed by atoms with Gasteiger partial charge in [0.05, 0.1) is 5.92 Å². The molecular formula is C12H22O5. The SMILES string of the molecule is CCC(CC(CC)C(=O)OCO)C(=O)CCO. The number of hydrogen-bond acceptors (Lipinski definition) is 5. The summed E-state index contributed by atoms with van der Waals surface area (Å²) in [6.45, 7) is 2.93. The minimum atomic E-state index is -0.628. The monoisotopic (exact) mass is 246 g/mol. The van der Waals surface area contributed by atoms with E-state index in [1.165, 1.54) is 0 Å². The molecule has 0 aromatic rings. The van der Waals surface area contributed by atoms with Gasteiger partial charge in [0, 0.05) is 18.9 Å². The molecule has 5 nitrogen and oxygen atoms in total. The molecule has 0 heterocycles. The fourth-order valence-electron chi connectivity index (χ4n) is 1.79. The first-order chi connectivity index (χ1) is 8.10. The average molecular weight is 246 g/mol. The van der Waals surface area contributed by atoms with E-state index in [1.54, 1.807) is 0 Å². The van der Waals surface area contributed by atoms with Crippen LogP contribution in [0, 0.1) is 11.8 Å². The van der Waals surface area contributed by atoms with Gasteiger partial charge in [-0.25, -0.2) is 0 Å². The molecule has 0 saturated carbocycles. The fraction of sp³-hybridized carbons (Fsp3) is 0.833. The lowest BCUT2D eigenvalue weighted by atomic mass is 9.87. The number of aliphatic hydroxyl groups excluding tert-OH is 2. The zero-order valence-corrected chi connectivity index (χ0v) is 10.5. The predicted octanol–water partition coefficient (Wildman–Crippen LogP) is 0.873. The topological polar surface area (TPSA) is 83.8 Å². The molecule has 0 saturated heterocycles. The summed E-state index contributed by atoms with van der Waals surface area (Å²) in [5.74, 6) is -1.08. The molecule has 0 spiro atoms. The van der Waals surface area contributed by atoms with Gasteiger partial charge >= 0.3 is 5.97 Å². The highest BCUT2D eigenvalue weighted by atomic mass is 16.6.